The van der Waals surface area contributed by atoms with E-state index in [0.29, 0.717) is 24.5 Å². The fourth-order valence-corrected chi connectivity index (χ4v) is 3.16. The molecule has 0 unspecified atom stereocenters. The minimum atomic E-state index is -4.36. The van der Waals surface area contributed by atoms with Gasteiger partial charge in [0.1, 0.15) is 0 Å². The molecule has 2 aromatic carbocycles. The fraction of sp³-hybridized carbons (Fsp3) is 0.333. The van der Waals surface area contributed by atoms with Crippen molar-refractivity contribution in [2.75, 3.05) is 18.5 Å². The van der Waals surface area contributed by atoms with Crippen LogP contribution in [0.1, 0.15) is 29.5 Å². The van der Waals surface area contributed by atoms with E-state index in [1.165, 1.54) is 6.07 Å². The maximum atomic E-state index is 12.8. The third kappa shape index (κ3) is 6.35. The highest BCUT2D eigenvalue weighted by Crippen LogP contribution is 2.29. The van der Waals surface area contributed by atoms with Gasteiger partial charge < -0.3 is 15.5 Å². The van der Waals surface area contributed by atoms with Gasteiger partial charge >= 0.3 is 6.18 Å². The number of amides is 1. The Kier molecular flexibility index (Phi) is 8.51. The number of carbonyl (C=O) groups excluding carboxylic acids is 1. The van der Waals surface area contributed by atoms with Crippen molar-refractivity contribution < 1.29 is 18.0 Å². The molecule has 0 atom stereocenters. The maximum absolute atomic E-state index is 12.8. The van der Waals surface area contributed by atoms with E-state index in [1.807, 2.05) is 24.3 Å². The largest absolute Gasteiger partial charge is 0.416 e. The van der Waals surface area contributed by atoms with Crippen LogP contribution in [0.15, 0.2) is 53.5 Å². The van der Waals surface area contributed by atoms with Gasteiger partial charge in [0.15, 0.2) is 5.96 Å². The summed E-state index contributed by atoms with van der Waals surface area (Å²) in [4.78, 5) is 17.7. The molecule has 0 bridgehead atoms. The van der Waals surface area contributed by atoms with Crippen LogP contribution in [-0.4, -0.2) is 25.5 Å². The summed E-state index contributed by atoms with van der Waals surface area (Å²) in [6, 6.07) is 12.9. The lowest BCUT2D eigenvalue weighted by Gasteiger charge is -2.16. The van der Waals surface area contributed by atoms with Gasteiger partial charge in [-0.25, -0.2) is 0 Å². The van der Waals surface area contributed by atoms with Crippen molar-refractivity contribution in [3.05, 3.63) is 65.2 Å². The summed E-state index contributed by atoms with van der Waals surface area (Å²) in [6.45, 7) is 1.47. The molecule has 1 fully saturated rings. The molecule has 0 aromatic heterocycles. The van der Waals surface area contributed by atoms with Crippen molar-refractivity contribution >= 4 is 41.5 Å². The van der Waals surface area contributed by atoms with E-state index in [9.17, 15) is 18.0 Å². The number of anilines is 1. The summed E-state index contributed by atoms with van der Waals surface area (Å²) in [5.74, 6) is 0.635. The first-order valence-electron chi connectivity index (χ1n) is 9.37. The summed E-state index contributed by atoms with van der Waals surface area (Å²) in [5.41, 5.74) is 1.74. The van der Waals surface area contributed by atoms with Gasteiger partial charge in [-0.1, -0.05) is 24.3 Å². The van der Waals surface area contributed by atoms with Crippen LogP contribution in [0.2, 0.25) is 0 Å². The molecule has 0 radical (unpaired) electrons. The lowest BCUT2D eigenvalue weighted by molar-refractivity contribution is -0.137. The van der Waals surface area contributed by atoms with Crippen molar-refractivity contribution in [3.8, 4) is 0 Å². The molecule has 2 aromatic rings. The Morgan fingerprint density at radius 3 is 2.30 bits per heavy atom. The van der Waals surface area contributed by atoms with Crippen molar-refractivity contribution in [3.63, 3.8) is 0 Å². The average molecular weight is 532 g/mol. The maximum Gasteiger partial charge on any atom is 0.416 e. The minimum absolute atomic E-state index is 0. The van der Waals surface area contributed by atoms with E-state index in [-0.39, 0.29) is 36.4 Å². The molecule has 3 rings (SSSR count). The number of nitrogens with zero attached hydrogens (tertiary/aromatic N) is 2. The Morgan fingerprint density at radius 2 is 1.73 bits per heavy atom. The number of guanidine groups is 1. The molecular weight excluding hydrogens is 508 g/mol. The Balaban J connectivity index is 0.00000320. The smallest absolute Gasteiger partial charge is 0.352 e. The molecule has 0 spiro atoms. The molecule has 1 saturated heterocycles. The van der Waals surface area contributed by atoms with Crippen LogP contribution in [0, 0.1) is 0 Å². The molecule has 1 amide bonds. The van der Waals surface area contributed by atoms with Gasteiger partial charge in [0.25, 0.3) is 0 Å². The molecule has 0 saturated carbocycles. The Morgan fingerprint density at radius 1 is 1.07 bits per heavy atom. The molecule has 9 heteroatoms. The van der Waals surface area contributed by atoms with Crippen LogP contribution in [0.4, 0.5) is 18.9 Å². The summed E-state index contributed by atoms with van der Waals surface area (Å²) < 4.78 is 38.4. The van der Waals surface area contributed by atoms with E-state index in [2.05, 4.69) is 15.6 Å². The first kappa shape index (κ1) is 24.0. The normalized spacial score (nSPS) is 14.5. The number of rotatable bonds is 5. The molecule has 30 heavy (non-hydrogen) atoms. The topological polar surface area (TPSA) is 56.7 Å². The molecule has 1 aliphatic heterocycles. The number of benzene rings is 2. The van der Waals surface area contributed by atoms with E-state index in [1.54, 1.807) is 18.0 Å². The predicted octanol–water partition coefficient (Wildman–Crippen LogP) is 4.32. The van der Waals surface area contributed by atoms with Crippen LogP contribution in [0.5, 0.6) is 0 Å². The lowest BCUT2D eigenvalue weighted by Crippen LogP contribution is -2.36. The third-order valence-electron chi connectivity index (χ3n) is 4.72. The van der Waals surface area contributed by atoms with Gasteiger partial charge in [0, 0.05) is 38.8 Å². The van der Waals surface area contributed by atoms with Gasteiger partial charge in [0.05, 0.1) is 5.56 Å². The van der Waals surface area contributed by atoms with Crippen molar-refractivity contribution in [2.24, 2.45) is 4.99 Å². The van der Waals surface area contributed by atoms with Crippen LogP contribution < -0.4 is 15.5 Å². The first-order valence-corrected chi connectivity index (χ1v) is 9.37. The third-order valence-corrected chi connectivity index (χ3v) is 4.72. The Labute approximate surface area is 190 Å². The van der Waals surface area contributed by atoms with Gasteiger partial charge in [-0.05, 0) is 41.8 Å². The first-order chi connectivity index (χ1) is 13.9. The average Bonchev–Trinajstić information content (AvgIpc) is 3.14. The molecule has 0 aliphatic carbocycles. The monoisotopic (exact) mass is 532 g/mol. The van der Waals surface area contributed by atoms with Gasteiger partial charge in [-0.15, -0.1) is 24.0 Å². The number of alkyl halides is 3. The van der Waals surface area contributed by atoms with Gasteiger partial charge in [-0.2, -0.15) is 13.2 Å². The second kappa shape index (κ2) is 10.6. The number of aliphatic imine (C=N–C) groups is 1. The number of hydrogen-bond donors (Lipinski definition) is 2. The highest BCUT2D eigenvalue weighted by molar-refractivity contribution is 14.0. The standard InChI is InChI=1S/C21H23F3N4O.HI/c1-25-20(27-14-16-4-2-5-17(12-16)21(22,23)24)26-13-15-7-9-18(10-8-15)28-11-3-6-19(28)29;/h2,4-5,7-10,12H,3,6,11,13-14H2,1H3,(H2,25,26,27);1H. The van der Waals surface area contributed by atoms with Crippen LogP contribution in [0.25, 0.3) is 0 Å². The zero-order valence-corrected chi connectivity index (χ0v) is 18.8. The Hall–Kier alpha value is -2.30. The minimum Gasteiger partial charge on any atom is -0.352 e. The number of nitrogens with one attached hydrogen (secondary N) is 2. The zero-order chi connectivity index (χ0) is 20.9. The van der Waals surface area contributed by atoms with Gasteiger partial charge in [-0.3, -0.25) is 9.79 Å². The highest BCUT2D eigenvalue weighted by atomic mass is 127. The summed E-state index contributed by atoms with van der Waals surface area (Å²) in [5, 5.41) is 6.15. The number of halogens is 4. The van der Waals surface area contributed by atoms with Crippen molar-refractivity contribution in [2.45, 2.75) is 32.1 Å². The van der Waals surface area contributed by atoms with Crippen LogP contribution in [-0.2, 0) is 24.1 Å². The molecule has 1 heterocycles. The zero-order valence-electron chi connectivity index (χ0n) is 16.5. The van der Waals surface area contributed by atoms with Crippen molar-refractivity contribution in [1.82, 2.24) is 10.6 Å². The SMILES string of the molecule is CN=C(NCc1ccc(N2CCCC2=O)cc1)NCc1cccc(C(F)(F)F)c1.I. The van der Waals surface area contributed by atoms with E-state index in [4.69, 9.17) is 0 Å². The van der Waals surface area contributed by atoms with E-state index < -0.39 is 11.7 Å². The molecule has 162 valence electrons. The highest BCUT2D eigenvalue weighted by Gasteiger charge is 2.30. The second-order valence-electron chi connectivity index (χ2n) is 6.79. The molecular formula is C21H24F3IN4O. The summed E-state index contributed by atoms with van der Waals surface area (Å²) in [7, 11) is 1.60. The second-order valence-corrected chi connectivity index (χ2v) is 6.79. The molecule has 2 N–H and O–H groups in total. The fourth-order valence-electron chi connectivity index (χ4n) is 3.16. The van der Waals surface area contributed by atoms with Crippen LogP contribution >= 0.6 is 24.0 Å². The number of hydrogen-bond acceptors (Lipinski definition) is 2. The van der Waals surface area contributed by atoms with E-state index >= 15 is 0 Å². The summed E-state index contributed by atoms with van der Waals surface area (Å²) >= 11 is 0. The number of carbonyl (C=O) groups is 1. The van der Waals surface area contributed by atoms with Crippen LogP contribution in [0.3, 0.4) is 0 Å². The van der Waals surface area contributed by atoms with E-state index in [0.717, 1.165) is 36.3 Å². The van der Waals surface area contributed by atoms with Crippen molar-refractivity contribution in [1.29, 1.82) is 0 Å². The molecule has 5 nitrogen and oxygen atoms in total. The van der Waals surface area contributed by atoms with Gasteiger partial charge in [0.2, 0.25) is 5.91 Å². The quantitative estimate of drug-likeness (QED) is 0.343. The molecule has 1 aliphatic rings. The Bertz CT molecular complexity index is 885. The lowest BCUT2D eigenvalue weighted by atomic mass is 10.1. The summed E-state index contributed by atoms with van der Waals surface area (Å²) in [6.07, 6.45) is -2.88. The predicted molar refractivity (Wildman–Crippen MR) is 122 cm³/mol.